The number of H-pyrrole nitrogens is 1. The van der Waals surface area contributed by atoms with Crippen LogP contribution in [0.15, 0.2) is 108 Å². The lowest BCUT2D eigenvalue weighted by Crippen LogP contribution is -2.50. The van der Waals surface area contributed by atoms with Crippen molar-refractivity contribution in [1.82, 2.24) is 19.5 Å². The maximum Gasteiger partial charge on any atom is 0.338 e. The van der Waals surface area contributed by atoms with Crippen molar-refractivity contribution in [2.75, 3.05) is 6.61 Å². The number of hydrogen-bond acceptors (Lipinski definition) is 10. The van der Waals surface area contributed by atoms with E-state index in [1.165, 1.54) is 17.2 Å². The second-order valence-electron chi connectivity index (χ2n) is 10.2. The third kappa shape index (κ3) is 5.45. The Labute approximate surface area is 250 Å². The molecule has 3 aromatic carbocycles. The van der Waals surface area contributed by atoms with Crippen LogP contribution >= 0.6 is 0 Å². The van der Waals surface area contributed by atoms with Crippen molar-refractivity contribution < 1.29 is 33.3 Å². The van der Waals surface area contributed by atoms with Crippen molar-refractivity contribution in [3.8, 4) is 0 Å². The van der Waals surface area contributed by atoms with Crippen LogP contribution in [0.2, 0.25) is 0 Å². The fourth-order valence-corrected chi connectivity index (χ4v) is 5.09. The molecule has 0 bridgehead atoms. The van der Waals surface area contributed by atoms with Gasteiger partial charge in [0.2, 0.25) is 0 Å². The van der Waals surface area contributed by atoms with Gasteiger partial charge in [-0.15, -0.1) is 0 Å². The molecule has 0 unspecified atom stereocenters. The lowest BCUT2D eigenvalue weighted by Gasteiger charge is -2.34. The summed E-state index contributed by atoms with van der Waals surface area (Å²) in [6.07, 6.45) is -1.11. The van der Waals surface area contributed by atoms with Crippen LogP contribution in [0.25, 0.3) is 11.2 Å². The lowest BCUT2D eigenvalue weighted by molar-refractivity contribution is -0.108. The summed E-state index contributed by atoms with van der Waals surface area (Å²) in [5.74, 6) is -2.07. The van der Waals surface area contributed by atoms with Gasteiger partial charge in [0.1, 0.15) is 12.7 Å². The van der Waals surface area contributed by atoms with Crippen LogP contribution in [0.5, 0.6) is 0 Å². The quantitative estimate of drug-likeness (QED) is 0.208. The van der Waals surface area contributed by atoms with Crippen molar-refractivity contribution >= 4 is 29.1 Å². The summed E-state index contributed by atoms with van der Waals surface area (Å²) in [5, 5.41) is 0. The topological polar surface area (TPSA) is 152 Å². The summed E-state index contributed by atoms with van der Waals surface area (Å²) in [6.45, 7) is 1.18. The lowest BCUT2D eigenvalue weighted by atomic mass is 9.95. The first-order valence-electron chi connectivity index (χ1n) is 13.7. The summed E-state index contributed by atoms with van der Waals surface area (Å²) in [4.78, 5) is 63.1. The first kappa shape index (κ1) is 28.5. The molecule has 5 aromatic rings. The van der Waals surface area contributed by atoms with Crippen LogP contribution in [-0.2, 0) is 18.9 Å². The largest absolute Gasteiger partial charge is 0.459 e. The van der Waals surface area contributed by atoms with Gasteiger partial charge in [0.25, 0.3) is 5.56 Å². The molecule has 1 saturated heterocycles. The van der Waals surface area contributed by atoms with Gasteiger partial charge in [-0.05, 0) is 43.3 Å². The number of carbonyl (C=O) groups excluding carboxylic acids is 3. The fraction of sp³-hybridized carbons (Fsp3) is 0.188. The highest BCUT2D eigenvalue weighted by Crippen LogP contribution is 2.44. The minimum atomic E-state index is -1.74. The van der Waals surface area contributed by atoms with Crippen molar-refractivity contribution in [1.29, 1.82) is 0 Å². The van der Waals surface area contributed by atoms with Crippen molar-refractivity contribution in [2.24, 2.45) is 0 Å². The number of nitrogens with zero attached hydrogens (tertiary/aromatic N) is 3. The molecule has 2 aromatic heterocycles. The highest BCUT2D eigenvalue weighted by atomic mass is 16.7. The van der Waals surface area contributed by atoms with E-state index in [0.717, 1.165) is 0 Å². The molecule has 0 radical (unpaired) electrons. The molecular weight excluding hydrogens is 568 g/mol. The molecule has 3 heterocycles. The molecule has 1 aliphatic rings. The molecular formula is C32H26N4O8. The molecule has 0 saturated carbocycles. The van der Waals surface area contributed by atoms with Crippen LogP contribution < -0.4 is 5.56 Å². The Morgan fingerprint density at radius 1 is 0.841 bits per heavy atom. The molecule has 0 aliphatic carbocycles. The molecule has 1 fully saturated rings. The third-order valence-electron chi connectivity index (χ3n) is 7.27. The number of esters is 3. The minimum absolute atomic E-state index is 0.0182. The molecule has 12 heteroatoms. The van der Waals surface area contributed by atoms with E-state index in [2.05, 4.69) is 15.0 Å². The molecule has 0 amide bonds. The summed E-state index contributed by atoms with van der Waals surface area (Å²) in [5.41, 5.74) is -1.28. The maximum atomic E-state index is 13.5. The molecule has 0 spiro atoms. The summed E-state index contributed by atoms with van der Waals surface area (Å²) < 4.78 is 25.5. The molecule has 1 aliphatic heterocycles. The Balaban J connectivity index is 1.42. The van der Waals surface area contributed by atoms with E-state index in [9.17, 15) is 19.2 Å². The Kier molecular flexibility index (Phi) is 7.73. The number of rotatable bonds is 8. The zero-order chi connectivity index (χ0) is 30.7. The van der Waals surface area contributed by atoms with E-state index >= 15 is 0 Å². The first-order chi connectivity index (χ1) is 21.3. The predicted octanol–water partition coefficient (Wildman–Crippen LogP) is 3.72. The van der Waals surface area contributed by atoms with Crippen LogP contribution in [0.1, 0.15) is 44.2 Å². The molecule has 222 valence electrons. The van der Waals surface area contributed by atoms with Crippen molar-refractivity contribution in [3.63, 3.8) is 0 Å². The average molecular weight is 595 g/mol. The van der Waals surface area contributed by atoms with Gasteiger partial charge in [-0.3, -0.25) is 9.36 Å². The number of fused-ring (bicyclic) bond motifs is 1. The van der Waals surface area contributed by atoms with Crippen LogP contribution in [-0.4, -0.2) is 61.8 Å². The summed E-state index contributed by atoms with van der Waals surface area (Å²) >= 11 is 0. The zero-order valence-electron chi connectivity index (χ0n) is 23.4. The number of nitrogens with one attached hydrogen (secondary N) is 1. The predicted molar refractivity (Wildman–Crippen MR) is 155 cm³/mol. The van der Waals surface area contributed by atoms with Crippen molar-refractivity contribution in [2.45, 2.75) is 31.0 Å². The Bertz CT molecular complexity index is 1860. The minimum Gasteiger partial charge on any atom is -0.459 e. The second-order valence-corrected chi connectivity index (χ2v) is 10.2. The summed E-state index contributed by atoms with van der Waals surface area (Å²) in [7, 11) is 0. The molecule has 4 atom stereocenters. The van der Waals surface area contributed by atoms with E-state index < -0.39 is 47.5 Å². The number of aromatic amines is 1. The van der Waals surface area contributed by atoms with Crippen LogP contribution in [0.3, 0.4) is 0 Å². The van der Waals surface area contributed by atoms with E-state index in [0.29, 0.717) is 5.56 Å². The fourth-order valence-electron chi connectivity index (χ4n) is 5.09. The van der Waals surface area contributed by atoms with E-state index in [1.54, 1.807) is 97.9 Å². The van der Waals surface area contributed by atoms with E-state index in [4.69, 9.17) is 18.9 Å². The number of benzene rings is 3. The van der Waals surface area contributed by atoms with Gasteiger partial charge in [0.15, 0.2) is 29.1 Å². The van der Waals surface area contributed by atoms with E-state index in [-0.39, 0.29) is 28.9 Å². The SMILES string of the molecule is C[C@@]1(OC(=O)c2ccccc2)[C@H](OC(=O)c2ccccc2)[C@@H](COC(=O)c2ccccc2)O[C@H]1n1cnc2c(=O)[nH]cnc21. The van der Waals surface area contributed by atoms with Crippen molar-refractivity contribution in [3.05, 3.63) is 131 Å². The third-order valence-corrected chi connectivity index (χ3v) is 7.27. The number of imidazole rings is 1. The normalized spacial score (nSPS) is 21.1. The molecule has 6 rings (SSSR count). The number of carbonyl (C=O) groups is 3. The van der Waals surface area contributed by atoms with E-state index in [1.807, 2.05) is 0 Å². The smallest absolute Gasteiger partial charge is 0.338 e. The van der Waals surface area contributed by atoms with Gasteiger partial charge in [-0.2, -0.15) is 0 Å². The summed E-state index contributed by atoms with van der Waals surface area (Å²) in [6, 6.07) is 24.9. The van der Waals surface area contributed by atoms with Gasteiger partial charge in [-0.1, -0.05) is 54.6 Å². The zero-order valence-corrected chi connectivity index (χ0v) is 23.4. The van der Waals surface area contributed by atoms with Gasteiger partial charge in [0, 0.05) is 0 Å². The number of ether oxygens (including phenoxy) is 4. The van der Waals surface area contributed by atoms with Gasteiger partial charge in [0.05, 0.1) is 29.3 Å². The maximum absolute atomic E-state index is 13.5. The van der Waals surface area contributed by atoms with Crippen LogP contribution in [0.4, 0.5) is 0 Å². The Morgan fingerprint density at radius 3 is 2.02 bits per heavy atom. The molecule has 1 N–H and O–H groups in total. The highest BCUT2D eigenvalue weighted by Gasteiger charge is 2.60. The monoisotopic (exact) mass is 594 g/mol. The molecule has 44 heavy (non-hydrogen) atoms. The van der Waals surface area contributed by atoms with Gasteiger partial charge >= 0.3 is 17.9 Å². The Hall–Kier alpha value is -5.62. The number of aromatic nitrogens is 4. The highest BCUT2D eigenvalue weighted by molar-refractivity contribution is 5.91. The Morgan fingerprint density at radius 2 is 1.41 bits per heavy atom. The van der Waals surface area contributed by atoms with Gasteiger partial charge in [-0.25, -0.2) is 24.4 Å². The first-order valence-corrected chi connectivity index (χ1v) is 13.7. The van der Waals surface area contributed by atoms with Crippen LogP contribution in [0, 0.1) is 0 Å². The second kappa shape index (κ2) is 11.9. The standard InChI is InChI=1S/C32H26N4O8/c1-32(44-30(40)22-15-9-4-10-16-22)25(43-29(39)21-13-7-3-8-14-21)23(17-41-28(38)20-11-5-2-6-12-20)42-31(32)36-19-35-24-26(36)33-18-34-27(24)37/h2-16,18-19,23,25,31H,17H2,1H3,(H,33,34,37)/t23-,25-,31-,32-/m1/s1. The number of hydrogen-bond donors (Lipinski definition) is 1. The molecule has 12 nitrogen and oxygen atoms in total. The average Bonchev–Trinajstić information content (AvgIpc) is 3.60. The van der Waals surface area contributed by atoms with Gasteiger partial charge < -0.3 is 23.9 Å².